The second-order valence-electron chi connectivity index (χ2n) is 4.65. The van der Waals surface area contributed by atoms with Crippen LogP contribution in [0.2, 0.25) is 0 Å². The summed E-state index contributed by atoms with van der Waals surface area (Å²) >= 11 is 1.53. The van der Waals surface area contributed by atoms with Crippen LogP contribution in [0.5, 0.6) is 11.5 Å². The van der Waals surface area contributed by atoms with Gasteiger partial charge in [0, 0.05) is 5.38 Å². The van der Waals surface area contributed by atoms with E-state index in [1.807, 2.05) is 37.4 Å². The molecule has 2 aromatic rings. The number of hydrazone groups is 1. The molecular formula is C16H21N3O2S. The van der Waals surface area contributed by atoms with Crippen molar-refractivity contribution in [2.24, 2.45) is 5.10 Å². The van der Waals surface area contributed by atoms with Crippen molar-refractivity contribution in [1.29, 1.82) is 0 Å². The lowest BCUT2D eigenvalue weighted by molar-refractivity contribution is 0.277. The van der Waals surface area contributed by atoms with Crippen LogP contribution in [0, 0.1) is 6.92 Å². The lowest BCUT2D eigenvalue weighted by Crippen LogP contribution is -2.00. The minimum absolute atomic E-state index is 0.597. The van der Waals surface area contributed by atoms with Crippen LogP contribution in [0.15, 0.2) is 28.7 Å². The molecule has 0 fully saturated rings. The number of benzene rings is 1. The fraction of sp³-hybridized carbons (Fsp3) is 0.375. The summed E-state index contributed by atoms with van der Waals surface area (Å²) in [5, 5.41) is 6.95. The van der Waals surface area contributed by atoms with E-state index in [-0.39, 0.29) is 0 Å². The van der Waals surface area contributed by atoms with E-state index in [0.717, 1.165) is 34.3 Å². The van der Waals surface area contributed by atoms with Gasteiger partial charge in [-0.1, -0.05) is 6.92 Å². The summed E-state index contributed by atoms with van der Waals surface area (Å²) in [6.07, 6.45) is 2.70. The van der Waals surface area contributed by atoms with Gasteiger partial charge < -0.3 is 9.47 Å². The highest BCUT2D eigenvalue weighted by molar-refractivity contribution is 7.13. The Bertz CT molecular complexity index is 626. The van der Waals surface area contributed by atoms with Crippen LogP contribution in [0.3, 0.4) is 0 Å². The second kappa shape index (κ2) is 8.38. The number of aromatic nitrogens is 1. The molecule has 0 aliphatic carbocycles. The van der Waals surface area contributed by atoms with E-state index in [2.05, 4.69) is 22.4 Å². The highest BCUT2D eigenvalue weighted by Crippen LogP contribution is 2.28. The molecule has 0 spiro atoms. The van der Waals surface area contributed by atoms with Gasteiger partial charge in [0.1, 0.15) is 0 Å². The fourth-order valence-corrected chi connectivity index (χ4v) is 2.41. The van der Waals surface area contributed by atoms with Crippen LogP contribution in [0.4, 0.5) is 5.13 Å². The van der Waals surface area contributed by atoms with Gasteiger partial charge in [0.25, 0.3) is 0 Å². The Kier molecular flexibility index (Phi) is 6.21. The zero-order chi connectivity index (χ0) is 15.8. The van der Waals surface area contributed by atoms with Gasteiger partial charge >= 0.3 is 0 Å². The average Bonchev–Trinajstić information content (AvgIpc) is 2.92. The second-order valence-corrected chi connectivity index (χ2v) is 5.51. The third-order valence-corrected chi connectivity index (χ3v) is 3.59. The first-order valence-corrected chi connectivity index (χ1v) is 8.21. The first-order chi connectivity index (χ1) is 10.7. The van der Waals surface area contributed by atoms with Crippen molar-refractivity contribution in [3.8, 4) is 11.5 Å². The number of ether oxygens (including phenoxy) is 2. The lowest BCUT2D eigenvalue weighted by atomic mass is 10.2. The molecule has 2 rings (SSSR count). The average molecular weight is 319 g/mol. The molecule has 22 heavy (non-hydrogen) atoms. The van der Waals surface area contributed by atoms with E-state index in [9.17, 15) is 0 Å². The normalized spacial score (nSPS) is 10.9. The maximum Gasteiger partial charge on any atom is 0.203 e. The van der Waals surface area contributed by atoms with Crippen LogP contribution < -0.4 is 14.9 Å². The summed E-state index contributed by atoms with van der Waals surface area (Å²) in [6.45, 7) is 7.26. The SMILES string of the molecule is CCCOc1ccc(/C=N\Nc2nc(C)cs2)cc1OCC. The van der Waals surface area contributed by atoms with E-state index in [1.165, 1.54) is 11.3 Å². The van der Waals surface area contributed by atoms with Gasteiger partial charge in [0.05, 0.1) is 25.1 Å². The summed E-state index contributed by atoms with van der Waals surface area (Å²) in [4.78, 5) is 4.29. The Morgan fingerprint density at radius 3 is 2.82 bits per heavy atom. The Balaban J connectivity index is 2.05. The quantitative estimate of drug-likeness (QED) is 0.588. The Labute approximate surface area is 135 Å². The number of aryl methyl sites for hydroxylation is 1. The van der Waals surface area contributed by atoms with Gasteiger partial charge in [-0.3, -0.25) is 5.43 Å². The molecule has 0 atom stereocenters. The van der Waals surface area contributed by atoms with E-state index in [4.69, 9.17) is 9.47 Å². The lowest BCUT2D eigenvalue weighted by Gasteiger charge is -2.11. The molecular weight excluding hydrogens is 298 g/mol. The van der Waals surface area contributed by atoms with Crippen molar-refractivity contribution in [2.45, 2.75) is 27.2 Å². The summed E-state index contributed by atoms with van der Waals surface area (Å²) in [6, 6.07) is 5.79. The predicted molar refractivity (Wildman–Crippen MR) is 91.5 cm³/mol. The van der Waals surface area contributed by atoms with E-state index in [1.54, 1.807) is 6.21 Å². The molecule has 0 unspecified atom stereocenters. The van der Waals surface area contributed by atoms with Gasteiger partial charge in [-0.2, -0.15) is 5.10 Å². The topological polar surface area (TPSA) is 55.7 Å². The molecule has 0 amide bonds. The van der Waals surface area contributed by atoms with Crippen LogP contribution in [-0.2, 0) is 0 Å². The molecule has 0 aliphatic rings. The molecule has 0 saturated carbocycles. The molecule has 5 nitrogen and oxygen atoms in total. The van der Waals surface area contributed by atoms with Crippen molar-refractivity contribution in [2.75, 3.05) is 18.6 Å². The summed E-state index contributed by atoms with van der Waals surface area (Å²) in [5.41, 5.74) is 4.84. The summed E-state index contributed by atoms with van der Waals surface area (Å²) in [7, 11) is 0. The van der Waals surface area contributed by atoms with E-state index >= 15 is 0 Å². The zero-order valence-electron chi connectivity index (χ0n) is 13.1. The van der Waals surface area contributed by atoms with Gasteiger partial charge in [-0.15, -0.1) is 11.3 Å². The molecule has 6 heteroatoms. The van der Waals surface area contributed by atoms with Gasteiger partial charge in [-0.25, -0.2) is 4.98 Å². The molecule has 0 radical (unpaired) electrons. The minimum Gasteiger partial charge on any atom is -0.490 e. The number of hydrogen-bond donors (Lipinski definition) is 1. The molecule has 118 valence electrons. The van der Waals surface area contributed by atoms with Crippen molar-refractivity contribution in [3.63, 3.8) is 0 Å². The zero-order valence-corrected chi connectivity index (χ0v) is 13.9. The Morgan fingerprint density at radius 1 is 1.27 bits per heavy atom. The number of rotatable bonds is 8. The number of nitrogens with zero attached hydrogens (tertiary/aromatic N) is 2. The Morgan fingerprint density at radius 2 is 2.14 bits per heavy atom. The molecule has 0 bridgehead atoms. The van der Waals surface area contributed by atoms with Gasteiger partial charge in [0.15, 0.2) is 11.5 Å². The van der Waals surface area contributed by atoms with Crippen molar-refractivity contribution >= 4 is 22.7 Å². The number of hydrogen-bond acceptors (Lipinski definition) is 6. The predicted octanol–water partition coefficient (Wildman–Crippen LogP) is 4.09. The van der Waals surface area contributed by atoms with Crippen LogP contribution >= 0.6 is 11.3 Å². The first kappa shape index (κ1) is 16.3. The molecule has 1 aromatic heterocycles. The highest BCUT2D eigenvalue weighted by atomic mass is 32.1. The largest absolute Gasteiger partial charge is 0.490 e. The van der Waals surface area contributed by atoms with Crippen LogP contribution in [-0.4, -0.2) is 24.4 Å². The van der Waals surface area contributed by atoms with Crippen LogP contribution in [0.25, 0.3) is 0 Å². The summed E-state index contributed by atoms with van der Waals surface area (Å²) < 4.78 is 11.3. The molecule has 1 N–H and O–H groups in total. The van der Waals surface area contributed by atoms with Gasteiger partial charge in [0.2, 0.25) is 5.13 Å². The van der Waals surface area contributed by atoms with Crippen molar-refractivity contribution in [1.82, 2.24) is 4.98 Å². The number of nitrogens with one attached hydrogen (secondary N) is 1. The number of anilines is 1. The molecule has 1 aromatic carbocycles. The third-order valence-electron chi connectivity index (χ3n) is 2.72. The molecule has 0 saturated heterocycles. The third kappa shape index (κ3) is 4.73. The highest BCUT2D eigenvalue weighted by Gasteiger charge is 2.05. The van der Waals surface area contributed by atoms with Gasteiger partial charge in [-0.05, 0) is 44.0 Å². The first-order valence-electron chi connectivity index (χ1n) is 7.33. The minimum atomic E-state index is 0.597. The monoisotopic (exact) mass is 319 g/mol. The smallest absolute Gasteiger partial charge is 0.203 e. The van der Waals surface area contributed by atoms with Crippen molar-refractivity contribution in [3.05, 3.63) is 34.8 Å². The summed E-state index contributed by atoms with van der Waals surface area (Å²) in [5.74, 6) is 1.51. The maximum atomic E-state index is 5.68. The van der Waals surface area contributed by atoms with Crippen LogP contribution in [0.1, 0.15) is 31.5 Å². The van der Waals surface area contributed by atoms with E-state index < -0.39 is 0 Å². The van der Waals surface area contributed by atoms with Crippen molar-refractivity contribution < 1.29 is 9.47 Å². The maximum absolute atomic E-state index is 5.68. The molecule has 0 aliphatic heterocycles. The fourth-order valence-electron chi connectivity index (χ4n) is 1.77. The Hall–Kier alpha value is -2.08. The van der Waals surface area contributed by atoms with E-state index in [0.29, 0.717) is 13.2 Å². The number of thiazole rings is 1. The molecule has 1 heterocycles. The standard InChI is InChI=1S/C16H21N3O2S/c1-4-8-21-14-7-6-13(9-15(14)20-5-2)10-17-19-16-18-12(3)11-22-16/h6-7,9-11H,4-5,8H2,1-3H3,(H,18,19)/b17-10-.